The van der Waals surface area contributed by atoms with Crippen molar-refractivity contribution in [3.63, 3.8) is 0 Å². The van der Waals surface area contributed by atoms with Gasteiger partial charge in [0.15, 0.2) is 0 Å². The Morgan fingerprint density at radius 2 is 1.81 bits per heavy atom. The van der Waals surface area contributed by atoms with Gasteiger partial charge in [-0.15, -0.1) is 0 Å². The second-order valence-electron chi connectivity index (χ2n) is 5.27. The minimum Gasteiger partial charge on any atom is -0.392 e. The summed E-state index contributed by atoms with van der Waals surface area (Å²) in [5.41, 5.74) is 6.19. The number of hydrogen-bond acceptors (Lipinski definition) is 2. The molecule has 0 unspecified atom stereocenters. The molecule has 0 atom stereocenters. The Morgan fingerprint density at radius 3 is 2.43 bits per heavy atom. The molecule has 0 aliphatic rings. The van der Waals surface area contributed by atoms with E-state index in [-0.39, 0.29) is 6.61 Å². The molecular weight excluding hydrogens is 258 g/mol. The number of unbranched alkanes of at least 4 members (excludes halogenated alkanes) is 1. The SMILES string of the molecule is CCC/C=C/c1c(C)nc(C)c(CO)c1-c1ccccc1. The first-order chi connectivity index (χ1) is 10.2. The maximum atomic E-state index is 9.78. The van der Waals surface area contributed by atoms with Gasteiger partial charge in [0.25, 0.3) is 0 Å². The number of aromatic nitrogens is 1. The average Bonchev–Trinajstić information content (AvgIpc) is 2.50. The van der Waals surface area contributed by atoms with Crippen molar-refractivity contribution in [1.29, 1.82) is 0 Å². The van der Waals surface area contributed by atoms with Gasteiger partial charge in [-0.3, -0.25) is 4.98 Å². The summed E-state index contributed by atoms with van der Waals surface area (Å²) in [6.07, 6.45) is 6.51. The van der Waals surface area contributed by atoms with Gasteiger partial charge in [-0.2, -0.15) is 0 Å². The van der Waals surface area contributed by atoms with Crippen molar-refractivity contribution in [2.75, 3.05) is 0 Å². The fourth-order valence-electron chi connectivity index (χ4n) is 2.60. The molecule has 1 N–H and O–H groups in total. The van der Waals surface area contributed by atoms with Crippen LogP contribution >= 0.6 is 0 Å². The third kappa shape index (κ3) is 3.40. The summed E-state index contributed by atoms with van der Waals surface area (Å²) in [5.74, 6) is 0. The van der Waals surface area contributed by atoms with E-state index in [1.54, 1.807) is 0 Å². The molecule has 2 rings (SSSR count). The molecule has 0 aliphatic heterocycles. The van der Waals surface area contributed by atoms with Crippen molar-refractivity contribution >= 4 is 6.08 Å². The lowest BCUT2D eigenvalue weighted by molar-refractivity contribution is 0.281. The molecule has 1 aromatic heterocycles. The highest BCUT2D eigenvalue weighted by molar-refractivity contribution is 5.79. The molecule has 0 saturated heterocycles. The molecule has 2 aromatic rings. The number of allylic oxidation sites excluding steroid dienone is 1. The number of hydrogen-bond donors (Lipinski definition) is 1. The van der Waals surface area contributed by atoms with Gasteiger partial charge >= 0.3 is 0 Å². The zero-order valence-corrected chi connectivity index (χ0v) is 13.1. The fourth-order valence-corrected chi connectivity index (χ4v) is 2.60. The number of aliphatic hydroxyl groups is 1. The summed E-state index contributed by atoms with van der Waals surface area (Å²) in [7, 11) is 0. The van der Waals surface area contributed by atoms with Gasteiger partial charge in [0.05, 0.1) is 6.61 Å². The van der Waals surface area contributed by atoms with Crippen molar-refractivity contribution in [3.8, 4) is 11.1 Å². The van der Waals surface area contributed by atoms with Crippen molar-refractivity contribution in [2.45, 2.75) is 40.2 Å². The van der Waals surface area contributed by atoms with Gasteiger partial charge < -0.3 is 5.11 Å². The highest BCUT2D eigenvalue weighted by Crippen LogP contribution is 2.32. The molecule has 0 amide bonds. The second-order valence-corrected chi connectivity index (χ2v) is 5.27. The van der Waals surface area contributed by atoms with E-state index >= 15 is 0 Å². The van der Waals surface area contributed by atoms with Gasteiger partial charge in [-0.1, -0.05) is 55.8 Å². The second kappa shape index (κ2) is 7.19. The molecule has 1 aromatic carbocycles. The molecule has 110 valence electrons. The lowest BCUT2D eigenvalue weighted by Gasteiger charge is -2.16. The molecular formula is C19H23NO. The van der Waals surface area contributed by atoms with Crippen molar-refractivity contribution in [1.82, 2.24) is 4.98 Å². The summed E-state index contributed by atoms with van der Waals surface area (Å²) < 4.78 is 0. The van der Waals surface area contributed by atoms with E-state index in [2.05, 4.69) is 36.2 Å². The van der Waals surface area contributed by atoms with Crippen LogP contribution in [0.2, 0.25) is 0 Å². The summed E-state index contributed by atoms with van der Waals surface area (Å²) in [5, 5.41) is 9.78. The van der Waals surface area contributed by atoms with Crippen molar-refractivity contribution < 1.29 is 5.11 Å². The Bertz CT molecular complexity index is 630. The molecule has 0 saturated carbocycles. The average molecular weight is 281 g/mol. The van der Waals surface area contributed by atoms with Gasteiger partial charge in [0.2, 0.25) is 0 Å². The number of nitrogens with zero attached hydrogens (tertiary/aromatic N) is 1. The summed E-state index contributed by atoms with van der Waals surface area (Å²) in [4.78, 5) is 4.60. The lowest BCUT2D eigenvalue weighted by Crippen LogP contribution is -2.03. The number of rotatable bonds is 5. The standard InChI is InChI=1S/C19H23NO/c1-4-5-7-12-17-14(2)20-15(3)18(13-21)19(17)16-10-8-6-9-11-16/h6-12,21H,4-5,13H2,1-3H3/b12-7+. The van der Waals surface area contributed by atoms with E-state index in [1.165, 1.54) is 0 Å². The van der Waals surface area contributed by atoms with Crippen LogP contribution in [0.4, 0.5) is 0 Å². The minimum absolute atomic E-state index is 0.0119. The minimum atomic E-state index is 0.0119. The monoisotopic (exact) mass is 281 g/mol. The topological polar surface area (TPSA) is 33.1 Å². The smallest absolute Gasteiger partial charge is 0.0705 e. The first-order valence-corrected chi connectivity index (χ1v) is 7.52. The Hall–Kier alpha value is -1.93. The Labute approximate surface area is 127 Å². The van der Waals surface area contributed by atoms with Gasteiger partial charge in [0, 0.05) is 22.5 Å². The number of aryl methyl sites for hydroxylation is 2. The number of pyridine rings is 1. The molecule has 0 bridgehead atoms. The summed E-state index contributed by atoms with van der Waals surface area (Å²) in [6, 6.07) is 10.2. The van der Waals surface area contributed by atoms with E-state index in [4.69, 9.17) is 0 Å². The maximum Gasteiger partial charge on any atom is 0.0705 e. The van der Waals surface area contributed by atoms with Crippen LogP contribution in [0.15, 0.2) is 36.4 Å². The molecule has 0 aliphatic carbocycles. The van der Waals surface area contributed by atoms with Crippen LogP contribution in [0, 0.1) is 13.8 Å². The van der Waals surface area contributed by atoms with E-state index < -0.39 is 0 Å². The predicted octanol–water partition coefficient (Wildman–Crippen LogP) is 4.67. The van der Waals surface area contributed by atoms with E-state index in [9.17, 15) is 5.11 Å². The quantitative estimate of drug-likeness (QED) is 0.863. The summed E-state index contributed by atoms with van der Waals surface area (Å²) >= 11 is 0. The zero-order valence-electron chi connectivity index (χ0n) is 13.1. The molecule has 0 fully saturated rings. The van der Waals surface area contributed by atoms with Gasteiger partial charge in [-0.25, -0.2) is 0 Å². The number of benzene rings is 1. The Balaban J connectivity index is 2.68. The van der Waals surface area contributed by atoms with Crippen molar-refractivity contribution in [3.05, 3.63) is 58.9 Å². The molecule has 2 heteroatoms. The van der Waals surface area contributed by atoms with Gasteiger partial charge in [0.1, 0.15) is 0 Å². The van der Waals surface area contributed by atoms with Crippen LogP contribution in [-0.4, -0.2) is 10.1 Å². The molecule has 2 nitrogen and oxygen atoms in total. The van der Waals surface area contributed by atoms with Crippen LogP contribution < -0.4 is 0 Å². The Kier molecular flexibility index (Phi) is 5.29. The summed E-state index contributed by atoms with van der Waals surface area (Å²) in [6.45, 7) is 6.18. The van der Waals surface area contributed by atoms with Crippen LogP contribution in [0.1, 0.15) is 42.3 Å². The molecule has 21 heavy (non-hydrogen) atoms. The van der Waals surface area contributed by atoms with Crippen LogP contribution in [-0.2, 0) is 6.61 Å². The van der Waals surface area contributed by atoms with Crippen LogP contribution in [0.25, 0.3) is 17.2 Å². The van der Waals surface area contributed by atoms with E-state index in [0.29, 0.717) is 0 Å². The normalized spacial score (nSPS) is 11.2. The first-order valence-electron chi connectivity index (χ1n) is 7.52. The third-order valence-electron chi connectivity index (χ3n) is 3.69. The van der Waals surface area contributed by atoms with Crippen molar-refractivity contribution in [2.24, 2.45) is 0 Å². The Morgan fingerprint density at radius 1 is 1.10 bits per heavy atom. The lowest BCUT2D eigenvalue weighted by atomic mass is 9.92. The van der Waals surface area contributed by atoms with E-state index in [0.717, 1.165) is 46.5 Å². The van der Waals surface area contributed by atoms with Crippen LogP contribution in [0.5, 0.6) is 0 Å². The number of aliphatic hydroxyl groups excluding tert-OH is 1. The molecule has 0 radical (unpaired) electrons. The highest BCUT2D eigenvalue weighted by atomic mass is 16.3. The molecule has 0 spiro atoms. The molecule has 1 heterocycles. The highest BCUT2D eigenvalue weighted by Gasteiger charge is 2.15. The fraction of sp³-hybridized carbons (Fsp3) is 0.316. The van der Waals surface area contributed by atoms with Gasteiger partial charge in [-0.05, 0) is 31.4 Å². The largest absolute Gasteiger partial charge is 0.392 e. The van der Waals surface area contributed by atoms with E-state index in [1.807, 2.05) is 32.0 Å². The first kappa shape index (κ1) is 15.5. The van der Waals surface area contributed by atoms with Crippen LogP contribution in [0.3, 0.4) is 0 Å². The zero-order chi connectivity index (χ0) is 15.2. The maximum absolute atomic E-state index is 9.78. The predicted molar refractivity (Wildman–Crippen MR) is 89.0 cm³/mol. The third-order valence-corrected chi connectivity index (χ3v) is 3.69.